The molecule has 0 bridgehead atoms. The van der Waals surface area contributed by atoms with Gasteiger partial charge in [0.25, 0.3) is 5.91 Å². The molecule has 2 aromatic carbocycles. The molecule has 0 aliphatic rings. The molecule has 0 fully saturated rings. The van der Waals surface area contributed by atoms with Crippen LogP contribution in [0, 0.1) is 0 Å². The average Bonchev–Trinajstić information content (AvgIpc) is 3.15. The quantitative estimate of drug-likeness (QED) is 0.618. The molecule has 0 radical (unpaired) electrons. The van der Waals surface area contributed by atoms with E-state index in [0.717, 1.165) is 0 Å². The fourth-order valence-corrected chi connectivity index (χ4v) is 3.66. The van der Waals surface area contributed by atoms with Crippen LogP contribution in [-0.4, -0.2) is 36.9 Å². The second kappa shape index (κ2) is 8.66. The number of nitrogens with zero attached hydrogens (tertiary/aromatic N) is 2. The fraction of sp³-hybridized carbons (Fsp3) is 0.211. The lowest BCUT2D eigenvalue weighted by atomic mass is 10.2. The summed E-state index contributed by atoms with van der Waals surface area (Å²) in [6.07, 6.45) is 0.0448. The van der Waals surface area contributed by atoms with Crippen LogP contribution in [0.25, 0.3) is 0 Å². The fourth-order valence-electron chi connectivity index (χ4n) is 2.41. The maximum absolute atomic E-state index is 12.3. The Labute approximate surface area is 162 Å². The van der Waals surface area contributed by atoms with Crippen LogP contribution in [0.4, 0.5) is 6.01 Å². The highest BCUT2D eigenvalue weighted by Crippen LogP contribution is 2.15. The summed E-state index contributed by atoms with van der Waals surface area (Å²) >= 11 is 0. The molecule has 0 unspecified atom stereocenters. The molecule has 3 rings (SSSR count). The van der Waals surface area contributed by atoms with Gasteiger partial charge in [0, 0.05) is 12.0 Å². The third kappa shape index (κ3) is 4.95. The smallest absolute Gasteiger partial charge is 0.322 e. The van der Waals surface area contributed by atoms with E-state index < -0.39 is 15.7 Å². The van der Waals surface area contributed by atoms with E-state index in [-0.39, 0.29) is 29.0 Å². The molecule has 0 saturated heterocycles. The minimum atomic E-state index is -3.45. The number of nitrogens with one attached hydrogen (secondary N) is 1. The number of ether oxygens (including phenoxy) is 1. The predicted octanol–water partition coefficient (Wildman–Crippen LogP) is 2.74. The van der Waals surface area contributed by atoms with Gasteiger partial charge in [-0.05, 0) is 43.3 Å². The SMILES string of the molecule is CCOc1ccc(C(=O)Nc2nnc(CCS(=O)(=O)c3ccccc3)o2)cc1. The number of amides is 1. The van der Waals surface area contributed by atoms with Crippen molar-refractivity contribution in [3.63, 3.8) is 0 Å². The second-order valence-corrected chi connectivity index (χ2v) is 7.90. The van der Waals surface area contributed by atoms with Crippen LogP contribution in [0.3, 0.4) is 0 Å². The second-order valence-electron chi connectivity index (χ2n) is 5.79. The Balaban J connectivity index is 1.58. The van der Waals surface area contributed by atoms with Crippen molar-refractivity contribution in [3.8, 4) is 5.75 Å². The van der Waals surface area contributed by atoms with Crippen molar-refractivity contribution in [2.75, 3.05) is 17.7 Å². The molecule has 0 atom stereocenters. The first kappa shape index (κ1) is 19.6. The molecule has 1 amide bonds. The van der Waals surface area contributed by atoms with E-state index >= 15 is 0 Å². The lowest BCUT2D eigenvalue weighted by Crippen LogP contribution is -2.12. The van der Waals surface area contributed by atoms with E-state index in [4.69, 9.17) is 9.15 Å². The number of sulfone groups is 1. The Kier molecular flexibility index (Phi) is 6.05. The molecular formula is C19H19N3O5S. The Hall–Kier alpha value is -3.20. The first-order valence-corrected chi connectivity index (χ1v) is 10.3. The van der Waals surface area contributed by atoms with Crippen molar-refractivity contribution >= 4 is 21.8 Å². The van der Waals surface area contributed by atoms with Gasteiger partial charge in [-0.2, -0.15) is 0 Å². The van der Waals surface area contributed by atoms with Gasteiger partial charge >= 0.3 is 6.01 Å². The lowest BCUT2D eigenvalue weighted by Gasteiger charge is -2.04. The van der Waals surface area contributed by atoms with Crippen molar-refractivity contribution < 1.29 is 22.4 Å². The van der Waals surface area contributed by atoms with E-state index in [1.54, 1.807) is 42.5 Å². The molecule has 0 spiro atoms. The van der Waals surface area contributed by atoms with Crippen LogP contribution in [-0.2, 0) is 16.3 Å². The van der Waals surface area contributed by atoms with E-state index in [2.05, 4.69) is 15.5 Å². The van der Waals surface area contributed by atoms with Gasteiger partial charge in [-0.15, -0.1) is 5.10 Å². The van der Waals surface area contributed by atoms with Crippen LogP contribution in [0.5, 0.6) is 5.75 Å². The normalized spacial score (nSPS) is 11.2. The number of carbonyl (C=O) groups excluding carboxylic acids is 1. The van der Waals surface area contributed by atoms with Crippen LogP contribution >= 0.6 is 0 Å². The van der Waals surface area contributed by atoms with Gasteiger partial charge < -0.3 is 9.15 Å². The first-order valence-electron chi connectivity index (χ1n) is 8.62. The van der Waals surface area contributed by atoms with Gasteiger partial charge in [0.15, 0.2) is 9.84 Å². The zero-order valence-corrected chi connectivity index (χ0v) is 16.0. The third-order valence-corrected chi connectivity index (χ3v) is 5.53. The molecule has 9 heteroatoms. The van der Waals surface area contributed by atoms with Gasteiger partial charge in [0.1, 0.15) is 5.75 Å². The molecule has 0 aliphatic carbocycles. The van der Waals surface area contributed by atoms with Crippen molar-refractivity contribution in [2.24, 2.45) is 0 Å². The molecular weight excluding hydrogens is 382 g/mol. The number of rotatable bonds is 8. The summed E-state index contributed by atoms with van der Waals surface area (Å²) in [6, 6.07) is 14.6. The summed E-state index contributed by atoms with van der Waals surface area (Å²) in [4.78, 5) is 12.5. The summed E-state index contributed by atoms with van der Waals surface area (Å²) in [5.41, 5.74) is 0.398. The molecule has 28 heavy (non-hydrogen) atoms. The van der Waals surface area contributed by atoms with Crippen molar-refractivity contribution in [2.45, 2.75) is 18.2 Å². The highest BCUT2D eigenvalue weighted by Gasteiger charge is 2.17. The summed E-state index contributed by atoms with van der Waals surface area (Å²) < 4.78 is 35.2. The van der Waals surface area contributed by atoms with Crippen molar-refractivity contribution in [1.29, 1.82) is 0 Å². The average molecular weight is 401 g/mol. The Bertz CT molecular complexity index is 1030. The van der Waals surface area contributed by atoms with Crippen LogP contribution in [0.1, 0.15) is 23.2 Å². The molecule has 1 heterocycles. The van der Waals surface area contributed by atoms with Gasteiger partial charge in [0.05, 0.1) is 17.3 Å². The third-order valence-electron chi connectivity index (χ3n) is 3.80. The molecule has 1 N–H and O–H groups in total. The summed E-state index contributed by atoms with van der Waals surface area (Å²) in [5.74, 6) is 0.196. The number of carbonyl (C=O) groups is 1. The van der Waals surface area contributed by atoms with E-state index in [1.807, 2.05) is 6.92 Å². The standard InChI is InChI=1S/C19H19N3O5S/c1-2-26-15-10-8-14(9-11-15)18(23)20-19-22-21-17(27-19)12-13-28(24,25)16-6-4-3-5-7-16/h3-11H,2,12-13H2,1H3,(H,20,22,23). The van der Waals surface area contributed by atoms with E-state index in [1.165, 1.54) is 12.1 Å². The number of anilines is 1. The van der Waals surface area contributed by atoms with Gasteiger partial charge in [0.2, 0.25) is 5.89 Å². The summed E-state index contributed by atoms with van der Waals surface area (Å²) in [6.45, 7) is 2.41. The minimum absolute atomic E-state index is 0.0448. The summed E-state index contributed by atoms with van der Waals surface area (Å²) in [7, 11) is -3.45. The van der Waals surface area contributed by atoms with E-state index in [0.29, 0.717) is 17.9 Å². The van der Waals surface area contributed by atoms with Crippen molar-refractivity contribution in [1.82, 2.24) is 10.2 Å². The maximum Gasteiger partial charge on any atom is 0.322 e. The van der Waals surface area contributed by atoms with Gasteiger partial charge in [-0.3, -0.25) is 10.1 Å². The molecule has 1 aromatic heterocycles. The lowest BCUT2D eigenvalue weighted by molar-refractivity contribution is 0.102. The Morgan fingerprint density at radius 1 is 1.07 bits per heavy atom. The highest BCUT2D eigenvalue weighted by molar-refractivity contribution is 7.91. The molecule has 0 saturated carbocycles. The number of aryl methyl sites for hydroxylation is 1. The first-order chi connectivity index (χ1) is 13.5. The van der Waals surface area contributed by atoms with Gasteiger partial charge in [-0.1, -0.05) is 23.3 Å². The Morgan fingerprint density at radius 3 is 2.46 bits per heavy atom. The molecule has 0 aliphatic heterocycles. The summed E-state index contributed by atoms with van der Waals surface area (Å²) in [5, 5.41) is 10.0. The van der Waals surface area contributed by atoms with Gasteiger partial charge in [-0.25, -0.2) is 8.42 Å². The predicted molar refractivity (Wildman–Crippen MR) is 102 cm³/mol. The maximum atomic E-state index is 12.3. The molecule has 146 valence electrons. The monoisotopic (exact) mass is 401 g/mol. The van der Waals surface area contributed by atoms with Crippen LogP contribution in [0.2, 0.25) is 0 Å². The molecule has 3 aromatic rings. The zero-order chi connectivity index (χ0) is 20.0. The zero-order valence-electron chi connectivity index (χ0n) is 15.2. The number of aromatic nitrogens is 2. The number of benzene rings is 2. The molecule has 8 nitrogen and oxygen atoms in total. The van der Waals surface area contributed by atoms with Crippen LogP contribution < -0.4 is 10.1 Å². The van der Waals surface area contributed by atoms with Crippen molar-refractivity contribution in [3.05, 3.63) is 66.1 Å². The number of hydrogen-bond donors (Lipinski definition) is 1. The highest BCUT2D eigenvalue weighted by atomic mass is 32.2. The minimum Gasteiger partial charge on any atom is -0.494 e. The van der Waals surface area contributed by atoms with E-state index in [9.17, 15) is 13.2 Å². The largest absolute Gasteiger partial charge is 0.494 e. The topological polar surface area (TPSA) is 111 Å². The number of hydrogen-bond acceptors (Lipinski definition) is 7. The Morgan fingerprint density at radius 2 is 1.79 bits per heavy atom. The van der Waals surface area contributed by atoms with Crippen LogP contribution in [0.15, 0.2) is 63.9 Å².